The lowest BCUT2D eigenvalue weighted by Gasteiger charge is -2.09. The quantitative estimate of drug-likeness (QED) is 0.774. The molecule has 0 saturated carbocycles. The van der Waals surface area contributed by atoms with Gasteiger partial charge in [0.15, 0.2) is 9.84 Å². The van der Waals surface area contributed by atoms with Crippen LogP contribution in [0.25, 0.3) is 0 Å². The molecule has 1 N–H and O–H groups in total. The molecule has 0 aliphatic heterocycles. The van der Waals surface area contributed by atoms with Crippen molar-refractivity contribution in [2.75, 3.05) is 19.0 Å². The SMILES string of the molecule is CCOCCCS(=O)(=O)c1cccc(C(=O)O)c1C. The summed E-state index contributed by atoms with van der Waals surface area (Å²) in [5.74, 6) is -1.17. The molecular formula is C13H18O5S. The first-order valence-electron chi connectivity index (χ1n) is 6.03. The largest absolute Gasteiger partial charge is 0.478 e. The van der Waals surface area contributed by atoms with Crippen LogP contribution >= 0.6 is 0 Å². The standard InChI is InChI=1S/C13H18O5S/c1-3-18-8-5-9-19(16,17)12-7-4-6-11(10(12)2)13(14)15/h4,6-7H,3,5,8-9H2,1-2H3,(H,14,15). The second-order valence-corrected chi connectivity index (χ2v) is 6.18. The molecule has 6 heteroatoms. The zero-order valence-electron chi connectivity index (χ0n) is 11.0. The van der Waals surface area contributed by atoms with Crippen molar-refractivity contribution in [1.82, 2.24) is 0 Å². The summed E-state index contributed by atoms with van der Waals surface area (Å²) >= 11 is 0. The Morgan fingerprint density at radius 3 is 2.63 bits per heavy atom. The molecule has 19 heavy (non-hydrogen) atoms. The van der Waals surface area contributed by atoms with E-state index in [1.165, 1.54) is 25.1 Å². The molecule has 1 rings (SSSR count). The molecule has 0 heterocycles. The first-order valence-corrected chi connectivity index (χ1v) is 7.68. The second-order valence-electron chi connectivity index (χ2n) is 4.10. The predicted molar refractivity (Wildman–Crippen MR) is 71.3 cm³/mol. The third kappa shape index (κ3) is 4.04. The Kier molecular flexibility index (Phi) is 5.50. The number of rotatable bonds is 7. The lowest BCUT2D eigenvalue weighted by atomic mass is 10.1. The van der Waals surface area contributed by atoms with Crippen LogP contribution in [0, 0.1) is 6.92 Å². The first-order chi connectivity index (χ1) is 8.90. The molecule has 0 unspecified atom stereocenters. The third-order valence-electron chi connectivity index (χ3n) is 2.76. The molecule has 1 aromatic carbocycles. The van der Waals surface area contributed by atoms with Crippen molar-refractivity contribution in [2.24, 2.45) is 0 Å². The average molecular weight is 286 g/mol. The Morgan fingerprint density at radius 2 is 2.05 bits per heavy atom. The molecule has 0 bridgehead atoms. The van der Waals surface area contributed by atoms with Gasteiger partial charge in [0.25, 0.3) is 0 Å². The number of sulfone groups is 1. The summed E-state index contributed by atoms with van der Waals surface area (Å²) in [6.07, 6.45) is 0.396. The van der Waals surface area contributed by atoms with Crippen molar-refractivity contribution in [2.45, 2.75) is 25.2 Å². The van der Waals surface area contributed by atoms with Gasteiger partial charge in [-0.3, -0.25) is 0 Å². The van der Waals surface area contributed by atoms with Gasteiger partial charge in [-0.25, -0.2) is 13.2 Å². The van der Waals surface area contributed by atoms with Crippen molar-refractivity contribution in [3.05, 3.63) is 29.3 Å². The molecule has 0 radical (unpaired) electrons. The highest BCUT2D eigenvalue weighted by Crippen LogP contribution is 2.20. The fourth-order valence-corrected chi connectivity index (χ4v) is 3.37. The van der Waals surface area contributed by atoms with Crippen molar-refractivity contribution in [1.29, 1.82) is 0 Å². The molecule has 0 aromatic heterocycles. The van der Waals surface area contributed by atoms with E-state index in [0.717, 1.165) is 0 Å². The van der Waals surface area contributed by atoms with Gasteiger partial charge in [-0.2, -0.15) is 0 Å². The number of carbonyl (C=O) groups is 1. The van der Waals surface area contributed by atoms with E-state index in [1.54, 1.807) is 0 Å². The number of hydrogen-bond acceptors (Lipinski definition) is 4. The minimum absolute atomic E-state index is 0.0193. The van der Waals surface area contributed by atoms with Crippen molar-refractivity contribution in [3.8, 4) is 0 Å². The molecule has 0 amide bonds. The lowest BCUT2D eigenvalue weighted by molar-refractivity contribution is 0.0696. The molecule has 0 aliphatic rings. The monoisotopic (exact) mass is 286 g/mol. The fourth-order valence-electron chi connectivity index (χ4n) is 1.79. The maximum absolute atomic E-state index is 12.1. The van der Waals surface area contributed by atoms with Crippen LogP contribution in [0.2, 0.25) is 0 Å². The zero-order valence-corrected chi connectivity index (χ0v) is 11.9. The summed E-state index contributed by atoms with van der Waals surface area (Å²) in [6, 6.07) is 4.29. The van der Waals surface area contributed by atoms with Crippen LogP contribution in [0.1, 0.15) is 29.3 Å². The van der Waals surface area contributed by atoms with Gasteiger partial charge in [0.1, 0.15) is 0 Å². The number of hydrogen-bond donors (Lipinski definition) is 1. The minimum Gasteiger partial charge on any atom is -0.478 e. The van der Waals surface area contributed by atoms with Gasteiger partial charge in [0.05, 0.1) is 16.2 Å². The predicted octanol–water partition coefficient (Wildman–Crippen LogP) is 1.89. The Hall–Kier alpha value is -1.40. The van der Waals surface area contributed by atoms with E-state index in [1.807, 2.05) is 6.92 Å². The Balaban J connectivity index is 2.96. The normalized spacial score (nSPS) is 11.5. The van der Waals surface area contributed by atoms with Crippen LogP contribution in [0.15, 0.2) is 23.1 Å². The van der Waals surface area contributed by atoms with Gasteiger partial charge < -0.3 is 9.84 Å². The van der Waals surface area contributed by atoms with Crippen LogP contribution in [-0.2, 0) is 14.6 Å². The van der Waals surface area contributed by atoms with Crippen LogP contribution in [0.4, 0.5) is 0 Å². The van der Waals surface area contributed by atoms with Crippen LogP contribution in [-0.4, -0.2) is 38.5 Å². The van der Waals surface area contributed by atoms with E-state index in [9.17, 15) is 13.2 Å². The summed E-state index contributed by atoms with van der Waals surface area (Å²) in [5, 5.41) is 8.99. The van der Waals surface area contributed by atoms with Crippen LogP contribution in [0.5, 0.6) is 0 Å². The van der Waals surface area contributed by atoms with Gasteiger partial charge in [-0.15, -0.1) is 0 Å². The Morgan fingerprint density at radius 1 is 1.37 bits per heavy atom. The molecule has 1 aromatic rings. The maximum atomic E-state index is 12.1. The third-order valence-corrected chi connectivity index (χ3v) is 4.69. The summed E-state index contributed by atoms with van der Waals surface area (Å²) in [7, 11) is -3.47. The van der Waals surface area contributed by atoms with Gasteiger partial charge in [0, 0.05) is 13.2 Å². The van der Waals surface area contributed by atoms with E-state index in [-0.39, 0.29) is 21.8 Å². The summed E-state index contributed by atoms with van der Waals surface area (Å²) < 4.78 is 29.4. The maximum Gasteiger partial charge on any atom is 0.335 e. The molecule has 106 valence electrons. The number of carboxylic acids is 1. The van der Waals surface area contributed by atoms with Crippen molar-refractivity contribution < 1.29 is 23.1 Å². The summed E-state index contributed by atoms with van der Waals surface area (Å²) in [4.78, 5) is 11.1. The van der Waals surface area contributed by atoms with E-state index < -0.39 is 15.8 Å². The minimum atomic E-state index is -3.47. The first kappa shape index (κ1) is 15.7. The van der Waals surface area contributed by atoms with Gasteiger partial charge in [-0.05, 0) is 38.0 Å². The topological polar surface area (TPSA) is 80.7 Å². The van der Waals surface area contributed by atoms with Gasteiger partial charge >= 0.3 is 5.97 Å². The van der Waals surface area contributed by atoms with Gasteiger partial charge in [0.2, 0.25) is 0 Å². The Bertz CT molecular complexity index is 548. The zero-order chi connectivity index (χ0) is 14.5. The fraction of sp³-hybridized carbons (Fsp3) is 0.462. The molecule has 0 atom stereocenters. The number of benzene rings is 1. The smallest absolute Gasteiger partial charge is 0.335 e. The Labute approximate surface area is 113 Å². The van der Waals surface area contributed by atoms with E-state index in [2.05, 4.69) is 0 Å². The van der Waals surface area contributed by atoms with E-state index in [4.69, 9.17) is 9.84 Å². The average Bonchev–Trinajstić information content (AvgIpc) is 2.34. The number of carboxylic acid groups (broad SMARTS) is 1. The summed E-state index contributed by atoms with van der Waals surface area (Å²) in [6.45, 7) is 4.29. The van der Waals surface area contributed by atoms with Crippen molar-refractivity contribution in [3.63, 3.8) is 0 Å². The van der Waals surface area contributed by atoms with E-state index >= 15 is 0 Å². The van der Waals surface area contributed by atoms with Crippen LogP contribution < -0.4 is 0 Å². The molecule has 0 spiro atoms. The second kappa shape index (κ2) is 6.68. The molecule has 0 aliphatic carbocycles. The lowest BCUT2D eigenvalue weighted by Crippen LogP contribution is -2.13. The van der Waals surface area contributed by atoms with Gasteiger partial charge in [-0.1, -0.05) is 6.07 Å². The molecule has 0 fully saturated rings. The van der Waals surface area contributed by atoms with Crippen molar-refractivity contribution >= 4 is 15.8 Å². The molecule has 5 nitrogen and oxygen atoms in total. The molecule has 0 saturated heterocycles. The highest BCUT2D eigenvalue weighted by atomic mass is 32.2. The summed E-state index contributed by atoms with van der Waals surface area (Å²) in [5.41, 5.74) is 0.303. The highest BCUT2D eigenvalue weighted by Gasteiger charge is 2.20. The molecular weight excluding hydrogens is 268 g/mol. The number of aromatic carboxylic acids is 1. The highest BCUT2D eigenvalue weighted by molar-refractivity contribution is 7.91. The van der Waals surface area contributed by atoms with Crippen LogP contribution in [0.3, 0.4) is 0 Å². The van der Waals surface area contributed by atoms with E-state index in [0.29, 0.717) is 19.6 Å². The number of ether oxygens (including phenoxy) is 1.